The van der Waals surface area contributed by atoms with E-state index in [1.54, 1.807) is 0 Å². The largest absolute Gasteiger partial charge is 0.449 e. The molecule has 1 aliphatic heterocycles. The lowest BCUT2D eigenvalue weighted by molar-refractivity contribution is 0.0387. The van der Waals surface area contributed by atoms with Crippen molar-refractivity contribution in [3.8, 4) is 0 Å². The summed E-state index contributed by atoms with van der Waals surface area (Å²) in [5.41, 5.74) is 0.235. The van der Waals surface area contributed by atoms with E-state index in [0.717, 1.165) is 0 Å². The zero-order valence-corrected chi connectivity index (χ0v) is 10.3. The minimum Gasteiger partial charge on any atom is -0.449 e. The molecule has 2 rings (SSSR count). The number of halogens is 2. The predicted molar refractivity (Wildman–Crippen MR) is 62.4 cm³/mol. The van der Waals surface area contributed by atoms with Crippen LogP contribution in [0.15, 0.2) is 18.2 Å². The monoisotopic (exact) mass is 257 g/mol. The van der Waals surface area contributed by atoms with Crippen LogP contribution in [0, 0.1) is 11.2 Å². The van der Waals surface area contributed by atoms with E-state index in [1.807, 2.05) is 13.8 Å². The Morgan fingerprint density at radius 3 is 2.94 bits per heavy atom. The van der Waals surface area contributed by atoms with Gasteiger partial charge in [0, 0.05) is 10.4 Å². The molecule has 92 valence electrons. The summed E-state index contributed by atoms with van der Waals surface area (Å²) >= 11 is 6.05. The summed E-state index contributed by atoms with van der Waals surface area (Å²) in [7, 11) is 0. The standard InChI is InChI=1S/C12H13ClFNO2/c1-12(2)6-17-11(16)15-10(12)8-5-7(14)3-4-9(8)13/h3-5,10H,6H2,1-2H3,(H,15,16)/t10-/m1/s1. The number of hydrogen-bond donors (Lipinski definition) is 1. The third-order valence-corrected chi connectivity index (χ3v) is 3.23. The molecule has 3 nitrogen and oxygen atoms in total. The second-order valence-corrected chi connectivity index (χ2v) is 5.22. The zero-order valence-electron chi connectivity index (χ0n) is 9.59. The minimum atomic E-state index is -0.505. The van der Waals surface area contributed by atoms with Crippen molar-refractivity contribution in [1.82, 2.24) is 5.32 Å². The van der Waals surface area contributed by atoms with E-state index in [-0.39, 0.29) is 23.9 Å². The third-order valence-electron chi connectivity index (χ3n) is 2.89. The molecule has 0 unspecified atom stereocenters. The van der Waals surface area contributed by atoms with Crippen molar-refractivity contribution in [3.63, 3.8) is 0 Å². The Bertz CT molecular complexity index is 462. The first-order valence-electron chi connectivity index (χ1n) is 5.28. The fraction of sp³-hybridized carbons (Fsp3) is 0.417. The van der Waals surface area contributed by atoms with Crippen LogP contribution in [0.2, 0.25) is 5.02 Å². The van der Waals surface area contributed by atoms with Gasteiger partial charge < -0.3 is 10.1 Å². The van der Waals surface area contributed by atoms with Crippen LogP contribution in [0.3, 0.4) is 0 Å². The molecule has 1 saturated heterocycles. The summed E-state index contributed by atoms with van der Waals surface area (Å²) in [6, 6.07) is 3.77. The van der Waals surface area contributed by atoms with Crippen LogP contribution in [-0.2, 0) is 4.74 Å². The Morgan fingerprint density at radius 2 is 2.24 bits per heavy atom. The molecule has 0 aliphatic carbocycles. The maximum atomic E-state index is 13.2. The summed E-state index contributed by atoms with van der Waals surface area (Å²) in [4.78, 5) is 11.3. The van der Waals surface area contributed by atoms with Gasteiger partial charge in [0.15, 0.2) is 0 Å². The first-order valence-corrected chi connectivity index (χ1v) is 5.66. The van der Waals surface area contributed by atoms with Gasteiger partial charge in [-0.15, -0.1) is 0 Å². The molecule has 0 aromatic heterocycles. The molecule has 0 saturated carbocycles. The molecule has 5 heteroatoms. The van der Waals surface area contributed by atoms with Gasteiger partial charge in [-0.1, -0.05) is 25.4 Å². The molecule has 1 aromatic rings. The Labute approximate surface area is 104 Å². The lowest BCUT2D eigenvalue weighted by atomic mass is 9.80. The molecule has 1 heterocycles. The molecule has 0 radical (unpaired) electrons. The van der Waals surface area contributed by atoms with Gasteiger partial charge in [-0.05, 0) is 23.8 Å². The maximum Gasteiger partial charge on any atom is 0.407 e. The van der Waals surface area contributed by atoms with Gasteiger partial charge in [-0.3, -0.25) is 0 Å². The highest BCUT2D eigenvalue weighted by Crippen LogP contribution is 2.39. The van der Waals surface area contributed by atoms with Crippen molar-refractivity contribution in [2.75, 3.05) is 6.61 Å². The van der Waals surface area contributed by atoms with E-state index in [4.69, 9.17) is 16.3 Å². The van der Waals surface area contributed by atoms with Crippen molar-refractivity contribution in [2.45, 2.75) is 19.9 Å². The fourth-order valence-electron chi connectivity index (χ4n) is 1.92. The van der Waals surface area contributed by atoms with Gasteiger partial charge in [0.2, 0.25) is 0 Å². The van der Waals surface area contributed by atoms with Crippen molar-refractivity contribution in [1.29, 1.82) is 0 Å². The first-order chi connectivity index (χ1) is 7.90. The van der Waals surface area contributed by atoms with E-state index < -0.39 is 6.09 Å². The van der Waals surface area contributed by atoms with Crippen LogP contribution in [0.5, 0.6) is 0 Å². The Morgan fingerprint density at radius 1 is 1.53 bits per heavy atom. The molecule has 17 heavy (non-hydrogen) atoms. The summed E-state index contributed by atoms with van der Waals surface area (Å²) in [6.45, 7) is 4.13. The van der Waals surface area contributed by atoms with Crippen LogP contribution in [-0.4, -0.2) is 12.7 Å². The second-order valence-electron chi connectivity index (χ2n) is 4.81. The summed E-state index contributed by atoms with van der Waals surface area (Å²) in [6.07, 6.45) is -0.505. The number of cyclic esters (lactones) is 1. The normalized spacial score (nSPS) is 22.8. The lowest BCUT2D eigenvalue weighted by Crippen LogP contribution is -2.47. The smallest absolute Gasteiger partial charge is 0.407 e. The average molecular weight is 258 g/mol. The second kappa shape index (κ2) is 4.18. The molecule has 0 bridgehead atoms. The van der Waals surface area contributed by atoms with Gasteiger partial charge in [-0.25, -0.2) is 9.18 Å². The molecule has 1 amide bonds. The fourth-order valence-corrected chi connectivity index (χ4v) is 2.15. The maximum absolute atomic E-state index is 13.2. The van der Waals surface area contributed by atoms with Gasteiger partial charge >= 0.3 is 6.09 Å². The van der Waals surface area contributed by atoms with Gasteiger partial charge in [0.05, 0.1) is 6.04 Å². The van der Waals surface area contributed by atoms with Gasteiger partial charge in [0.25, 0.3) is 0 Å². The van der Waals surface area contributed by atoms with Crippen LogP contribution in [0.4, 0.5) is 9.18 Å². The van der Waals surface area contributed by atoms with Crippen molar-refractivity contribution in [3.05, 3.63) is 34.6 Å². The predicted octanol–water partition coefficient (Wildman–Crippen LogP) is 3.29. The summed E-state index contributed by atoms with van der Waals surface area (Å²) in [5.74, 6) is -0.374. The van der Waals surface area contributed by atoms with E-state index in [1.165, 1.54) is 18.2 Å². The van der Waals surface area contributed by atoms with Crippen LogP contribution in [0.1, 0.15) is 25.5 Å². The Balaban J connectivity index is 2.42. The van der Waals surface area contributed by atoms with Crippen molar-refractivity contribution >= 4 is 17.7 Å². The number of benzene rings is 1. The van der Waals surface area contributed by atoms with Crippen LogP contribution < -0.4 is 5.32 Å². The molecule has 1 N–H and O–H groups in total. The highest BCUT2D eigenvalue weighted by Gasteiger charge is 2.38. The molecule has 0 spiro atoms. The Hall–Kier alpha value is -1.29. The first kappa shape index (κ1) is 12.2. The number of ether oxygens (including phenoxy) is 1. The number of carbonyl (C=O) groups excluding carboxylic acids is 1. The van der Waals surface area contributed by atoms with Crippen LogP contribution in [0.25, 0.3) is 0 Å². The van der Waals surface area contributed by atoms with E-state index in [9.17, 15) is 9.18 Å². The Kier molecular flexibility index (Phi) is 3.00. The molecule has 1 aliphatic rings. The minimum absolute atomic E-state index is 0.274. The molecular weight excluding hydrogens is 245 g/mol. The van der Waals surface area contributed by atoms with E-state index >= 15 is 0 Å². The van der Waals surface area contributed by atoms with E-state index in [0.29, 0.717) is 10.6 Å². The zero-order chi connectivity index (χ0) is 12.6. The quantitative estimate of drug-likeness (QED) is 0.838. The molecule has 1 aromatic carbocycles. The molecular formula is C12H13ClFNO2. The van der Waals surface area contributed by atoms with Gasteiger partial charge in [-0.2, -0.15) is 0 Å². The number of hydrogen-bond acceptors (Lipinski definition) is 2. The number of nitrogens with one attached hydrogen (secondary N) is 1. The summed E-state index contributed by atoms with van der Waals surface area (Å²) < 4.78 is 18.2. The average Bonchev–Trinajstić information content (AvgIpc) is 2.26. The highest BCUT2D eigenvalue weighted by molar-refractivity contribution is 6.31. The molecule has 1 atom stereocenters. The molecule has 1 fully saturated rings. The third kappa shape index (κ3) is 2.36. The summed E-state index contributed by atoms with van der Waals surface area (Å²) in [5, 5.41) is 3.12. The number of alkyl carbamates (subject to hydrolysis) is 1. The topological polar surface area (TPSA) is 38.3 Å². The highest BCUT2D eigenvalue weighted by atomic mass is 35.5. The number of amides is 1. The SMILES string of the molecule is CC1(C)COC(=O)N[C@@H]1c1cc(F)ccc1Cl. The lowest BCUT2D eigenvalue weighted by Gasteiger charge is -2.38. The van der Waals surface area contributed by atoms with Crippen molar-refractivity contribution in [2.24, 2.45) is 5.41 Å². The van der Waals surface area contributed by atoms with Crippen molar-refractivity contribution < 1.29 is 13.9 Å². The van der Waals surface area contributed by atoms with Crippen LogP contribution >= 0.6 is 11.6 Å². The van der Waals surface area contributed by atoms with E-state index in [2.05, 4.69) is 5.32 Å². The van der Waals surface area contributed by atoms with Gasteiger partial charge in [0.1, 0.15) is 12.4 Å². The number of carbonyl (C=O) groups is 1. The number of rotatable bonds is 1.